The molecule has 1 aromatic carbocycles. The van der Waals surface area contributed by atoms with Crippen LogP contribution in [0.4, 0.5) is 0 Å². The number of rotatable bonds is 6. The van der Waals surface area contributed by atoms with Crippen molar-refractivity contribution in [2.24, 2.45) is 0 Å². The van der Waals surface area contributed by atoms with E-state index < -0.39 is 12.0 Å². The number of hydrogen-bond donors (Lipinski definition) is 3. The number of H-pyrrole nitrogens is 1. The summed E-state index contributed by atoms with van der Waals surface area (Å²) in [6.45, 7) is 3.49. The quantitative estimate of drug-likeness (QED) is 0.702. The Hall–Kier alpha value is -2.56. The second-order valence-corrected chi connectivity index (χ2v) is 4.52. The number of carboxylic acids is 1. The summed E-state index contributed by atoms with van der Waals surface area (Å²) in [5.41, 5.74) is 1.80. The van der Waals surface area contributed by atoms with E-state index in [0.717, 1.165) is 16.5 Å². The fraction of sp³-hybridized carbons (Fsp3) is 0.200. The van der Waals surface area contributed by atoms with Crippen molar-refractivity contribution in [2.75, 3.05) is 0 Å². The number of carboxylic acid groups (broad SMARTS) is 1. The molecule has 5 heteroatoms. The second-order valence-electron chi connectivity index (χ2n) is 4.52. The van der Waals surface area contributed by atoms with Crippen molar-refractivity contribution in [1.82, 2.24) is 10.3 Å². The van der Waals surface area contributed by atoms with Crippen molar-refractivity contribution in [3.63, 3.8) is 0 Å². The number of aromatic nitrogens is 1. The molecule has 20 heavy (non-hydrogen) atoms. The lowest BCUT2D eigenvalue weighted by atomic mass is 10.1. The number of carbonyl (C=O) groups excluding carboxylic acids is 1. The van der Waals surface area contributed by atoms with Crippen LogP contribution in [0.15, 0.2) is 43.1 Å². The number of aliphatic carboxylic acids is 1. The minimum Gasteiger partial charge on any atom is -0.480 e. The lowest BCUT2D eigenvalue weighted by Crippen LogP contribution is -2.41. The van der Waals surface area contributed by atoms with Crippen LogP contribution >= 0.6 is 0 Å². The minimum absolute atomic E-state index is 0.144. The molecular formula is C15H16N2O3. The van der Waals surface area contributed by atoms with Crippen LogP contribution < -0.4 is 5.32 Å². The van der Waals surface area contributed by atoms with Crippen molar-refractivity contribution >= 4 is 22.8 Å². The number of fused-ring (bicyclic) bond motifs is 1. The average Bonchev–Trinajstić information content (AvgIpc) is 2.81. The van der Waals surface area contributed by atoms with Gasteiger partial charge in [0.2, 0.25) is 5.91 Å². The summed E-state index contributed by atoms with van der Waals surface area (Å²) in [4.78, 5) is 26.0. The summed E-state index contributed by atoms with van der Waals surface area (Å²) < 4.78 is 0. The summed E-state index contributed by atoms with van der Waals surface area (Å²) in [5, 5.41) is 12.4. The lowest BCUT2D eigenvalue weighted by molar-refractivity contribution is -0.141. The van der Waals surface area contributed by atoms with Gasteiger partial charge in [-0.3, -0.25) is 4.79 Å². The Bertz CT molecular complexity index is 645. The molecule has 5 nitrogen and oxygen atoms in total. The van der Waals surface area contributed by atoms with Gasteiger partial charge in [0.1, 0.15) is 6.04 Å². The molecular weight excluding hydrogens is 256 g/mol. The standard InChI is InChI=1S/C15H16N2O3/c1-2-5-13(15(19)20)17-14(18)8-10-9-16-12-7-4-3-6-11(10)12/h2-4,6-7,9,13,16H,1,5,8H2,(H,17,18)(H,19,20). The van der Waals surface area contributed by atoms with Gasteiger partial charge in [0.05, 0.1) is 6.42 Å². The van der Waals surface area contributed by atoms with E-state index in [-0.39, 0.29) is 18.7 Å². The van der Waals surface area contributed by atoms with Crippen LogP contribution in [0.3, 0.4) is 0 Å². The third-order valence-corrected chi connectivity index (χ3v) is 3.06. The van der Waals surface area contributed by atoms with Crippen LogP contribution in [0.25, 0.3) is 10.9 Å². The number of amides is 1. The molecule has 0 bridgehead atoms. The van der Waals surface area contributed by atoms with Crippen molar-refractivity contribution in [3.05, 3.63) is 48.7 Å². The average molecular weight is 272 g/mol. The normalized spacial score (nSPS) is 12.0. The molecule has 1 unspecified atom stereocenters. The Kier molecular flexibility index (Phi) is 4.20. The molecule has 0 radical (unpaired) electrons. The van der Waals surface area contributed by atoms with E-state index in [0.29, 0.717) is 0 Å². The monoisotopic (exact) mass is 272 g/mol. The van der Waals surface area contributed by atoms with Crippen LogP contribution in [-0.4, -0.2) is 28.0 Å². The smallest absolute Gasteiger partial charge is 0.326 e. The van der Waals surface area contributed by atoms with Gasteiger partial charge in [-0.25, -0.2) is 4.79 Å². The van der Waals surface area contributed by atoms with E-state index in [9.17, 15) is 9.59 Å². The Morgan fingerprint density at radius 1 is 1.40 bits per heavy atom. The summed E-state index contributed by atoms with van der Waals surface area (Å²) in [6.07, 6.45) is 3.60. The zero-order chi connectivity index (χ0) is 14.5. The molecule has 104 valence electrons. The van der Waals surface area contributed by atoms with Gasteiger partial charge in [0.25, 0.3) is 0 Å². The molecule has 2 aromatic rings. The summed E-state index contributed by atoms with van der Waals surface area (Å²) in [5.74, 6) is -1.37. The van der Waals surface area contributed by atoms with Gasteiger partial charge in [-0.05, 0) is 18.1 Å². The molecule has 1 aromatic heterocycles. The van der Waals surface area contributed by atoms with Crippen molar-refractivity contribution < 1.29 is 14.7 Å². The molecule has 0 spiro atoms. The molecule has 3 N–H and O–H groups in total. The maximum absolute atomic E-state index is 11.9. The third-order valence-electron chi connectivity index (χ3n) is 3.06. The van der Waals surface area contributed by atoms with Crippen LogP contribution in [0.1, 0.15) is 12.0 Å². The van der Waals surface area contributed by atoms with Crippen LogP contribution in [0.2, 0.25) is 0 Å². The molecule has 0 saturated carbocycles. The first-order valence-electron chi connectivity index (χ1n) is 6.30. The number of carbonyl (C=O) groups is 2. The fourth-order valence-corrected chi connectivity index (χ4v) is 2.08. The first-order valence-corrected chi connectivity index (χ1v) is 6.30. The van der Waals surface area contributed by atoms with Gasteiger partial charge in [-0.15, -0.1) is 6.58 Å². The highest BCUT2D eigenvalue weighted by atomic mass is 16.4. The molecule has 1 amide bonds. The van der Waals surface area contributed by atoms with E-state index in [1.54, 1.807) is 6.20 Å². The van der Waals surface area contributed by atoms with Gasteiger partial charge in [-0.2, -0.15) is 0 Å². The molecule has 1 heterocycles. The molecule has 0 aliphatic rings. The van der Waals surface area contributed by atoms with E-state index in [4.69, 9.17) is 5.11 Å². The Labute approximate surface area is 116 Å². The minimum atomic E-state index is -1.06. The van der Waals surface area contributed by atoms with E-state index in [1.165, 1.54) is 6.08 Å². The second kappa shape index (κ2) is 6.06. The summed E-state index contributed by atoms with van der Waals surface area (Å²) in [7, 11) is 0. The van der Waals surface area contributed by atoms with E-state index in [2.05, 4.69) is 16.9 Å². The van der Waals surface area contributed by atoms with Gasteiger partial charge in [0.15, 0.2) is 0 Å². The third kappa shape index (κ3) is 3.06. The number of para-hydroxylation sites is 1. The highest BCUT2D eigenvalue weighted by Crippen LogP contribution is 2.18. The maximum atomic E-state index is 11.9. The maximum Gasteiger partial charge on any atom is 0.326 e. The first-order chi connectivity index (χ1) is 9.61. The van der Waals surface area contributed by atoms with E-state index >= 15 is 0 Å². The molecule has 0 aliphatic carbocycles. The van der Waals surface area contributed by atoms with Crippen LogP contribution in [0.5, 0.6) is 0 Å². The highest BCUT2D eigenvalue weighted by Gasteiger charge is 2.18. The Morgan fingerprint density at radius 3 is 2.85 bits per heavy atom. The van der Waals surface area contributed by atoms with Gasteiger partial charge in [-0.1, -0.05) is 24.3 Å². The van der Waals surface area contributed by atoms with Crippen molar-refractivity contribution in [1.29, 1.82) is 0 Å². The highest BCUT2D eigenvalue weighted by molar-refractivity contribution is 5.90. The van der Waals surface area contributed by atoms with E-state index in [1.807, 2.05) is 24.3 Å². The Balaban J connectivity index is 2.07. The topological polar surface area (TPSA) is 82.2 Å². The van der Waals surface area contributed by atoms with Gasteiger partial charge < -0.3 is 15.4 Å². The molecule has 0 fully saturated rings. The number of aromatic amines is 1. The zero-order valence-corrected chi connectivity index (χ0v) is 10.9. The van der Waals surface area contributed by atoms with Crippen LogP contribution in [0, 0.1) is 0 Å². The number of hydrogen-bond acceptors (Lipinski definition) is 2. The predicted octanol–water partition coefficient (Wildman–Crippen LogP) is 1.86. The predicted molar refractivity (Wildman–Crippen MR) is 76.4 cm³/mol. The Morgan fingerprint density at radius 2 is 2.15 bits per heavy atom. The number of benzene rings is 1. The molecule has 1 atom stereocenters. The zero-order valence-electron chi connectivity index (χ0n) is 10.9. The molecule has 0 saturated heterocycles. The summed E-state index contributed by atoms with van der Waals surface area (Å²) >= 11 is 0. The fourth-order valence-electron chi connectivity index (χ4n) is 2.08. The molecule has 0 aliphatic heterocycles. The largest absolute Gasteiger partial charge is 0.480 e. The van der Waals surface area contributed by atoms with Crippen LogP contribution in [-0.2, 0) is 16.0 Å². The van der Waals surface area contributed by atoms with Gasteiger partial charge in [0, 0.05) is 17.1 Å². The van der Waals surface area contributed by atoms with Crippen molar-refractivity contribution in [2.45, 2.75) is 18.9 Å². The lowest BCUT2D eigenvalue weighted by Gasteiger charge is -2.12. The first kappa shape index (κ1) is 13.9. The summed E-state index contributed by atoms with van der Waals surface area (Å²) in [6, 6.07) is 6.73. The van der Waals surface area contributed by atoms with Crippen molar-refractivity contribution in [3.8, 4) is 0 Å². The SMILES string of the molecule is C=CCC(NC(=O)Cc1c[nH]c2ccccc12)C(=O)O. The molecule has 2 rings (SSSR count). The number of nitrogens with one attached hydrogen (secondary N) is 2. The van der Waals surface area contributed by atoms with Gasteiger partial charge >= 0.3 is 5.97 Å².